The number of furan rings is 1. The van der Waals surface area contributed by atoms with Crippen LogP contribution in [0.25, 0.3) is 11.0 Å². The lowest BCUT2D eigenvalue weighted by Gasteiger charge is -2.17. The number of hydrogen-bond donors (Lipinski definition) is 1. The van der Waals surface area contributed by atoms with E-state index in [1.165, 1.54) is 18.3 Å². The molecule has 2 aromatic heterocycles. The average molecular weight is 338 g/mol. The van der Waals surface area contributed by atoms with Crippen molar-refractivity contribution in [3.05, 3.63) is 65.2 Å². The number of hydrogen-bond acceptors (Lipinski definition) is 4. The molecule has 0 atom stereocenters. The number of amides is 1. The number of carboxylic acids is 1. The molecule has 1 amide bonds. The highest BCUT2D eigenvalue weighted by Gasteiger charge is 2.19. The molecule has 0 aliphatic carbocycles. The number of pyridine rings is 1. The molecule has 0 saturated carbocycles. The minimum Gasteiger partial charge on any atom is -0.478 e. The molecular weight excluding hydrogens is 320 g/mol. The van der Waals surface area contributed by atoms with Gasteiger partial charge in [0.2, 0.25) is 0 Å². The summed E-state index contributed by atoms with van der Waals surface area (Å²) in [4.78, 5) is 29.0. The first-order valence-electron chi connectivity index (χ1n) is 7.95. The monoisotopic (exact) mass is 338 g/mol. The topological polar surface area (TPSA) is 83.6 Å². The predicted octanol–water partition coefficient (Wildman–Crippen LogP) is 3.36. The predicted molar refractivity (Wildman–Crippen MR) is 92.6 cm³/mol. The molecule has 3 rings (SSSR count). The fraction of sp³-hybridized carbons (Fsp3) is 0.211. The van der Waals surface area contributed by atoms with Crippen molar-refractivity contribution in [1.29, 1.82) is 0 Å². The van der Waals surface area contributed by atoms with E-state index in [2.05, 4.69) is 4.98 Å². The summed E-state index contributed by atoms with van der Waals surface area (Å²) >= 11 is 0. The normalized spacial score (nSPS) is 10.8. The number of aromatic carboxylic acids is 1. The van der Waals surface area contributed by atoms with E-state index in [0.29, 0.717) is 6.54 Å². The number of carboxylic acid groups (broad SMARTS) is 1. The molecule has 6 heteroatoms. The van der Waals surface area contributed by atoms with Crippen LogP contribution in [0.3, 0.4) is 0 Å². The van der Waals surface area contributed by atoms with Gasteiger partial charge in [-0.3, -0.25) is 9.78 Å². The number of para-hydroxylation sites is 1. The number of aryl methyl sites for hydroxylation is 1. The van der Waals surface area contributed by atoms with Gasteiger partial charge in [-0.05, 0) is 18.2 Å². The van der Waals surface area contributed by atoms with Crippen LogP contribution >= 0.6 is 0 Å². The van der Waals surface area contributed by atoms with Crippen molar-refractivity contribution >= 4 is 22.8 Å². The van der Waals surface area contributed by atoms with Crippen molar-refractivity contribution in [2.45, 2.75) is 19.9 Å². The zero-order valence-electron chi connectivity index (χ0n) is 14.0. The van der Waals surface area contributed by atoms with Gasteiger partial charge in [0.25, 0.3) is 5.91 Å². The molecule has 1 N–H and O–H groups in total. The van der Waals surface area contributed by atoms with Crippen molar-refractivity contribution in [2.75, 3.05) is 7.05 Å². The molecule has 0 aliphatic rings. The molecule has 0 bridgehead atoms. The second kappa shape index (κ2) is 6.76. The van der Waals surface area contributed by atoms with Gasteiger partial charge in [-0.2, -0.15) is 0 Å². The minimum atomic E-state index is -1.07. The summed E-state index contributed by atoms with van der Waals surface area (Å²) in [6, 6.07) is 10.5. The van der Waals surface area contributed by atoms with Crippen LogP contribution in [-0.2, 0) is 13.0 Å². The van der Waals surface area contributed by atoms with Crippen molar-refractivity contribution in [3.8, 4) is 0 Å². The van der Waals surface area contributed by atoms with Gasteiger partial charge in [-0.25, -0.2) is 4.79 Å². The first kappa shape index (κ1) is 16.7. The Balaban J connectivity index is 1.85. The van der Waals surface area contributed by atoms with Crippen LogP contribution in [0.5, 0.6) is 0 Å². The summed E-state index contributed by atoms with van der Waals surface area (Å²) < 4.78 is 5.86. The maximum atomic E-state index is 12.6. The molecule has 128 valence electrons. The Morgan fingerprint density at radius 1 is 1.20 bits per heavy atom. The van der Waals surface area contributed by atoms with Crippen LogP contribution in [0.2, 0.25) is 0 Å². The molecule has 6 nitrogen and oxygen atoms in total. The summed E-state index contributed by atoms with van der Waals surface area (Å²) in [6.07, 6.45) is 1.92. The van der Waals surface area contributed by atoms with Gasteiger partial charge in [0.15, 0.2) is 0 Å². The van der Waals surface area contributed by atoms with E-state index < -0.39 is 5.97 Å². The zero-order valence-corrected chi connectivity index (χ0v) is 14.0. The summed E-state index contributed by atoms with van der Waals surface area (Å²) in [7, 11) is 1.69. The van der Waals surface area contributed by atoms with Crippen LogP contribution in [0, 0.1) is 0 Å². The number of nitrogens with zero attached hydrogens (tertiary/aromatic N) is 2. The van der Waals surface area contributed by atoms with E-state index in [9.17, 15) is 9.59 Å². The molecule has 1 aromatic carbocycles. The number of fused-ring (bicyclic) bond motifs is 1. The molecular formula is C19H18N2O4. The first-order valence-corrected chi connectivity index (χ1v) is 7.95. The highest BCUT2D eigenvalue weighted by molar-refractivity contribution is 5.94. The lowest BCUT2D eigenvalue weighted by atomic mass is 10.1. The van der Waals surface area contributed by atoms with Gasteiger partial charge in [-0.15, -0.1) is 0 Å². The smallest absolute Gasteiger partial charge is 0.337 e. The highest BCUT2D eigenvalue weighted by atomic mass is 16.4. The molecule has 2 heterocycles. The summed E-state index contributed by atoms with van der Waals surface area (Å²) in [5.41, 5.74) is 2.04. The van der Waals surface area contributed by atoms with E-state index in [-0.39, 0.29) is 17.2 Å². The average Bonchev–Trinajstić information content (AvgIpc) is 2.99. The van der Waals surface area contributed by atoms with E-state index in [1.807, 2.05) is 31.2 Å². The Bertz CT molecular complexity index is 928. The van der Waals surface area contributed by atoms with E-state index in [1.54, 1.807) is 11.9 Å². The second-order valence-electron chi connectivity index (χ2n) is 5.75. The van der Waals surface area contributed by atoms with Crippen LogP contribution in [0.4, 0.5) is 0 Å². The molecule has 0 aliphatic heterocycles. The summed E-state index contributed by atoms with van der Waals surface area (Å²) in [5, 5.41) is 9.90. The molecule has 0 radical (unpaired) electrons. The van der Waals surface area contributed by atoms with Crippen LogP contribution in [0.15, 0.2) is 47.0 Å². The van der Waals surface area contributed by atoms with Gasteiger partial charge in [0.05, 0.1) is 5.56 Å². The van der Waals surface area contributed by atoms with Gasteiger partial charge >= 0.3 is 5.97 Å². The fourth-order valence-corrected chi connectivity index (χ4v) is 2.76. The van der Waals surface area contributed by atoms with Crippen molar-refractivity contribution in [3.63, 3.8) is 0 Å². The van der Waals surface area contributed by atoms with Crippen molar-refractivity contribution < 1.29 is 19.1 Å². The number of carbonyl (C=O) groups is 2. The number of rotatable bonds is 5. The largest absolute Gasteiger partial charge is 0.478 e. The molecule has 25 heavy (non-hydrogen) atoms. The minimum absolute atomic E-state index is 0.0494. The van der Waals surface area contributed by atoms with Gasteiger partial charge in [0, 0.05) is 37.2 Å². The Labute approximate surface area is 144 Å². The lowest BCUT2D eigenvalue weighted by Crippen LogP contribution is -2.27. The Hall–Kier alpha value is -3.15. The SMILES string of the molecule is CCc1oc2ccccc2c1CN(C)C(=O)c1ccc(C(=O)O)cn1. The third kappa shape index (κ3) is 3.24. The van der Waals surface area contributed by atoms with Gasteiger partial charge in [-0.1, -0.05) is 25.1 Å². The first-order chi connectivity index (χ1) is 12.0. The summed E-state index contributed by atoms with van der Waals surface area (Å²) in [5.74, 6) is -0.489. The van der Waals surface area contributed by atoms with E-state index in [0.717, 1.165) is 28.7 Å². The third-order valence-corrected chi connectivity index (χ3v) is 4.07. The van der Waals surface area contributed by atoms with Crippen molar-refractivity contribution in [1.82, 2.24) is 9.88 Å². The maximum Gasteiger partial charge on any atom is 0.337 e. The van der Waals surface area contributed by atoms with E-state index in [4.69, 9.17) is 9.52 Å². The maximum absolute atomic E-state index is 12.6. The standard InChI is InChI=1S/C19H18N2O4/c1-3-16-14(13-6-4-5-7-17(13)25-16)11-21(2)18(22)15-9-8-12(10-20-15)19(23)24/h4-10H,3,11H2,1-2H3,(H,23,24). The van der Waals surface area contributed by atoms with Crippen LogP contribution in [-0.4, -0.2) is 33.9 Å². The van der Waals surface area contributed by atoms with E-state index >= 15 is 0 Å². The Kier molecular flexibility index (Phi) is 4.52. The molecule has 3 aromatic rings. The van der Waals surface area contributed by atoms with Gasteiger partial charge < -0.3 is 14.4 Å². The Morgan fingerprint density at radius 3 is 2.60 bits per heavy atom. The van der Waals surface area contributed by atoms with Crippen LogP contribution < -0.4 is 0 Å². The lowest BCUT2D eigenvalue weighted by molar-refractivity contribution is 0.0694. The fourth-order valence-electron chi connectivity index (χ4n) is 2.76. The quantitative estimate of drug-likeness (QED) is 0.771. The number of carbonyl (C=O) groups excluding carboxylic acids is 1. The highest BCUT2D eigenvalue weighted by Crippen LogP contribution is 2.27. The summed E-state index contributed by atoms with van der Waals surface area (Å²) in [6.45, 7) is 2.40. The third-order valence-electron chi connectivity index (χ3n) is 4.07. The molecule has 0 saturated heterocycles. The molecule has 0 spiro atoms. The number of aromatic nitrogens is 1. The van der Waals surface area contributed by atoms with Crippen LogP contribution in [0.1, 0.15) is 39.1 Å². The molecule has 0 fully saturated rings. The zero-order chi connectivity index (χ0) is 18.0. The second-order valence-corrected chi connectivity index (χ2v) is 5.75. The van der Waals surface area contributed by atoms with Gasteiger partial charge in [0.1, 0.15) is 17.0 Å². The number of benzene rings is 1. The van der Waals surface area contributed by atoms with Crippen molar-refractivity contribution in [2.24, 2.45) is 0 Å². The molecule has 0 unspecified atom stereocenters. The Morgan fingerprint density at radius 2 is 1.96 bits per heavy atom.